The average Bonchev–Trinajstić information content (AvgIpc) is 2.70. The molecule has 1 amide bonds. The Morgan fingerprint density at radius 2 is 2.04 bits per heavy atom. The van der Waals surface area contributed by atoms with E-state index < -0.39 is 0 Å². The molecular formula is C21H25ClN2O3. The summed E-state index contributed by atoms with van der Waals surface area (Å²) in [6, 6.07) is 13.2. The molecule has 144 valence electrons. The molecule has 3 rings (SSSR count). The minimum absolute atomic E-state index is 0.0160. The van der Waals surface area contributed by atoms with Gasteiger partial charge in [-0.1, -0.05) is 29.8 Å². The summed E-state index contributed by atoms with van der Waals surface area (Å²) in [4.78, 5) is 15.1. The molecule has 0 spiro atoms. The molecule has 1 aliphatic rings. The number of rotatable bonds is 6. The van der Waals surface area contributed by atoms with Crippen LogP contribution in [0.2, 0.25) is 5.02 Å². The van der Waals surface area contributed by atoms with Gasteiger partial charge in [-0.3, -0.25) is 9.69 Å². The lowest BCUT2D eigenvalue weighted by Gasteiger charge is -2.32. The number of halogens is 1. The van der Waals surface area contributed by atoms with E-state index in [1.165, 1.54) is 0 Å². The second-order valence-corrected chi connectivity index (χ2v) is 7.13. The van der Waals surface area contributed by atoms with Gasteiger partial charge in [0, 0.05) is 24.2 Å². The van der Waals surface area contributed by atoms with Crippen molar-refractivity contribution in [2.75, 3.05) is 32.6 Å². The molecule has 0 radical (unpaired) electrons. The second-order valence-electron chi connectivity index (χ2n) is 6.72. The monoisotopic (exact) mass is 388 g/mol. The van der Waals surface area contributed by atoms with Crippen LogP contribution < -0.4 is 14.8 Å². The lowest BCUT2D eigenvalue weighted by Crippen LogP contribution is -2.40. The summed E-state index contributed by atoms with van der Waals surface area (Å²) in [6.45, 7) is 2.45. The van der Waals surface area contributed by atoms with E-state index >= 15 is 0 Å². The van der Waals surface area contributed by atoms with Crippen LogP contribution in [0.25, 0.3) is 0 Å². The van der Waals surface area contributed by atoms with E-state index in [-0.39, 0.29) is 11.8 Å². The van der Waals surface area contributed by atoms with Gasteiger partial charge in [-0.25, -0.2) is 0 Å². The number of likely N-dealkylation sites (tertiary alicyclic amines) is 1. The van der Waals surface area contributed by atoms with Crippen molar-refractivity contribution in [3.63, 3.8) is 0 Å². The third kappa shape index (κ3) is 4.93. The fourth-order valence-electron chi connectivity index (χ4n) is 3.42. The molecule has 1 heterocycles. The van der Waals surface area contributed by atoms with Gasteiger partial charge in [-0.05, 0) is 43.1 Å². The van der Waals surface area contributed by atoms with E-state index in [1.54, 1.807) is 26.4 Å². The van der Waals surface area contributed by atoms with Crippen LogP contribution in [-0.4, -0.2) is 38.1 Å². The molecule has 1 unspecified atom stereocenters. The quantitative estimate of drug-likeness (QED) is 0.805. The first-order valence-corrected chi connectivity index (χ1v) is 9.47. The number of benzene rings is 2. The molecular weight excluding hydrogens is 364 g/mol. The minimum atomic E-state index is -0.0620. The number of anilines is 1. The summed E-state index contributed by atoms with van der Waals surface area (Å²) in [5, 5.41) is 3.78. The summed E-state index contributed by atoms with van der Waals surface area (Å²) < 4.78 is 10.6. The van der Waals surface area contributed by atoms with E-state index in [0.717, 1.165) is 43.1 Å². The Morgan fingerprint density at radius 3 is 2.78 bits per heavy atom. The molecule has 1 atom stereocenters. The third-order valence-corrected chi connectivity index (χ3v) is 5.26. The zero-order chi connectivity index (χ0) is 19.2. The van der Waals surface area contributed by atoms with Crippen molar-refractivity contribution in [3.05, 3.63) is 53.1 Å². The van der Waals surface area contributed by atoms with Crippen LogP contribution in [0, 0.1) is 5.92 Å². The van der Waals surface area contributed by atoms with Gasteiger partial charge in [-0.15, -0.1) is 0 Å². The van der Waals surface area contributed by atoms with Gasteiger partial charge in [0.2, 0.25) is 5.91 Å². The number of amides is 1. The Kier molecular flexibility index (Phi) is 6.58. The smallest absolute Gasteiger partial charge is 0.228 e. The zero-order valence-corrected chi connectivity index (χ0v) is 16.5. The maximum Gasteiger partial charge on any atom is 0.228 e. The molecule has 0 aromatic heterocycles. The Hall–Kier alpha value is -2.24. The van der Waals surface area contributed by atoms with Crippen LogP contribution >= 0.6 is 11.6 Å². The number of nitrogens with one attached hydrogen (secondary N) is 1. The molecule has 0 aliphatic carbocycles. The predicted molar refractivity (Wildman–Crippen MR) is 108 cm³/mol. The molecule has 0 saturated carbocycles. The third-order valence-electron chi connectivity index (χ3n) is 4.89. The Balaban J connectivity index is 1.64. The normalized spacial score (nSPS) is 17.4. The van der Waals surface area contributed by atoms with E-state index in [1.807, 2.05) is 30.3 Å². The van der Waals surface area contributed by atoms with Crippen molar-refractivity contribution in [1.29, 1.82) is 0 Å². The van der Waals surface area contributed by atoms with Crippen LogP contribution in [0.5, 0.6) is 11.5 Å². The number of nitrogens with zero attached hydrogens (tertiary/aromatic N) is 1. The van der Waals surface area contributed by atoms with E-state index in [9.17, 15) is 4.79 Å². The highest BCUT2D eigenvalue weighted by Crippen LogP contribution is 2.30. The number of methoxy groups -OCH3 is 2. The molecule has 0 bridgehead atoms. The lowest BCUT2D eigenvalue weighted by molar-refractivity contribution is -0.121. The van der Waals surface area contributed by atoms with Crippen LogP contribution in [-0.2, 0) is 11.3 Å². The highest BCUT2D eigenvalue weighted by Gasteiger charge is 2.26. The van der Waals surface area contributed by atoms with E-state index in [4.69, 9.17) is 21.1 Å². The molecule has 6 heteroatoms. The minimum Gasteiger partial charge on any atom is -0.497 e. The molecule has 5 nitrogen and oxygen atoms in total. The summed E-state index contributed by atoms with van der Waals surface area (Å²) in [5.74, 6) is 1.23. The van der Waals surface area contributed by atoms with E-state index in [0.29, 0.717) is 17.2 Å². The molecule has 1 fully saturated rings. The molecule has 1 N–H and O–H groups in total. The average molecular weight is 389 g/mol. The highest BCUT2D eigenvalue weighted by atomic mass is 35.5. The van der Waals surface area contributed by atoms with Crippen LogP contribution in [0.15, 0.2) is 42.5 Å². The van der Waals surface area contributed by atoms with Crippen molar-refractivity contribution >= 4 is 23.2 Å². The number of piperidine rings is 1. The number of hydrogen-bond donors (Lipinski definition) is 1. The summed E-state index contributed by atoms with van der Waals surface area (Å²) >= 11 is 6.28. The van der Waals surface area contributed by atoms with Crippen LogP contribution in [0.3, 0.4) is 0 Å². The van der Waals surface area contributed by atoms with E-state index in [2.05, 4.69) is 10.2 Å². The van der Waals surface area contributed by atoms with Gasteiger partial charge in [0.1, 0.15) is 11.5 Å². The number of hydrogen-bond acceptors (Lipinski definition) is 4. The standard InChI is InChI=1S/C21H25ClN2O3/c1-26-17-9-10-19(20(12-17)27-2)23-21(25)16-7-5-11-24(14-16)13-15-6-3-4-8-18(15)22/h3-4,6,8-10,12,16H,5,7,11,13-14H2,1-2H3,(H,23,25). The molecule has 27 heavy (non-hydrogen) atoms. The first-order valence-electron chi connectivity index (χ1n) is 9.09. The van der Waals surface area contributed by atoms with Crippen molar-refractivity contribution in [2.45, 2.75) is 19.4 Å². The van der Waals surface area contributed by atoms with Crippen molar-refractivity contribution in [1.82, 2.24) is 4.90 Å². The van der Waals surface area contributed by atoms with Crippen LogP contribution in [0.4, 0.5) is 5.69 Å². The molecule has 2 aromatic rings. The molecule has 1 saturated heterocycles. The summed E-state index contributed by atoms with van der Waals surface area (Å²) in [6.07, 6.45) is 1.87. The zero-order valence-electron chi connectivity index (χ0n) is 15.7. The van der Waals surface area contributed by atoms with Gasteiger partial charge < -0.3 is 14.8 Å². The first kappa shape index (κ1) is 19.5. The van der Waals surface area contributed by atoms with Crippen molar-refractivity contribution < 1.29 is 14.3 Å². The Bertz CT molecular complexity index is 797. The first-order chi connectivity index (χ1) is 13.1. The van der Waals surface area contributed by atoms with Gasteiger partial charge >= 0.3 is 0 Å². The lowest BCUT2D eigenvalue weighted by atomic mass is 9.96. The fraction of sp³-hybridized carbons (Fsp3) is 0.381. The summed E-state index contributed by atoms with van der Waals surface area (Å²) in [5.41, 5.74) is 1.75. The van der Waals surface area contributed by atoms with Crippen molar-refractivity contribution in [3.8, 4) is 11.5 Å². The second kappa shape index (κ2) is 9.11. The summed E-state index contributed by atoms with van der Waals surface area (Å²) in [7, 11) is 3.18. The van der Waals surface area contributed by atoms with Gasteiger partial charge in [0.05, 0.1) is 25.8 Å². The number of carbonyl (C=O) groups excluding carboxylic acids is 1. The maximum atomic E-state index is 12.8. The maximum absolute atomic E-state index is 12.8. The van der Waals surface area contributed by atoms with Crippen molar-refractivity contribution in [2.24, 2.45) is 5.92 Å². The van der Waals surface area contributed by atoms with Gasteiger partial charge in [0.15, 0.2) is 0 Å². The predicted octanol–water partition coefficient (Wildman–Crippen LogP) is 4.21. The fourth-order valence-corrected chi connectivity index (χ4v) is 3.61. The van der Waals surface area contributed by atoms with Crippen LogP contribution in [0.1, 0.15) is 18.4 Å². The Morgan fingerprint density at radius 1 is 1.22 bits per heavy atom. The SMILES string of the molecule is COc1ccc(NC(=O)C2CCCN(Cc3ccccc3Cl)C2)c(OC)c1. The Labute approximate surface area is 165 Å². The topological polar surface area (TPSA) is 50.8 Å². The van der Waals surface area contributed by atoms with Gasteiger partial charge in [0.25, 0.3) is 0 Å². The largest absolute Gasteiger partial charge is 0.497 e. The number of ether oxygens (including phenoxy) is 2. The molecule has 1 aliphatic heterocycles. The number of carbonyl (C=O) groups is 1. The van der Waals surface area contributed by atoms with Gasteiger partial charge in [-0.2, -0.15) is 0 Å². The highest BCUT2D eigenvalue weighted by molar-refractivity contribution is 6.31. The molecule has 2 aromatic carbocycles.